The summed E-state index contributed by atoms with van der Waals surface area (Å²) in [4.78, 5) is 15.7. The minimum absolute atomic E-state index is 0.0327. The van der Waals surface area contributed by atoms with Gasteiger partial charge in [-0.05, 0) is 51.4 Å². The van der Waals surface area contributed by atoms with Crippen LogP contribution in [0, 0.1) is 0 Å². The van der Waals surface area contributed by atoms with Crippen LogP contribution in [0.2, 0.25) is 0 Å². The van der Waals surface area contributed by atoms with Crippen molar-refractivity contribution in [1.82, 2.24) is 20.2 Å². The molecule has 1 unspecified atom stereocenters. The summed E-state index contributed by atoms with van der Waals surface area (Å²) in [7, 11) is 4.37. The zero-order valence-electron chi connectivity index (χ0n) is 19.1. The van der Waals surface area contributed by atoms with E-state index in [9.17, 15) is 5.11 Å². The van der Waals surface area contributed by atoms with Gasteiger partial charge >= 0.3 is 0 Å². The SMILES string of the molecule is CN(C)C1(c2ccccc2)CCC2(CC1)CN(c1ccnc(N3CCOCC3)n1)C(O)N2. The number of nitrogens with zero attached hydrogens (tertiary/aromatic N) is 5. The van der Waals surface area contributed by atoms with Crippen molar-refractivity contribution in [2.45, 2.75) is 43.1 Å². The quantitative estimate of drug-likeness (QED) is 0.748. The van der Waals surface area contributed by atoms with Crippen molar-refractivity contribution >= 4 is 11.8 Å². The molecule has 3 heterocycles. The molecule has 172 valence electrons. The van der Waals surface area contributed by atoms with Crippen molar-refractivity contribution < 1.29 is 9.84 Å². The molecule has 3 aliphatic rings. The van der Waals surface area contributed by atoms with Gasteiger partial charge in [0.2, 0.25) is 5.95 Å². The predicted octanol–water partition coefficient (Wildman–Crippen LogP) is 1.77. The Bertz CT molecular complexity index is 910. The lowest BCUT2D eigenvalue weighted by atomic mass is 9.69. The van der Waals surface area contributed by atoms with Crippen LogP contribution < -0.4 is 15.1 Å². The Morgan fingerprint density at radius 2 is 1.78 bits per heavy atom. The van der Waals surface area contributed by atoms with Gasteiger partial charge in [0.15, 0.2) is 6.35 Å². The molecule has 1 spiro atoms. The van der Waals surface area contributed by atoms with E-state index >= 15 is 0 Å². The first-order chi connectivity index (χ1) is 15.5. The van der Waals surface area contributed by atoms with E-state index in [0.717, 1.165) is 51.1 Å². The van der Waals surface area contributed by atoms with E-state index in [1.165, 1.54) is 5.56 Å². The van der Waals surface area contributed by atoms with E-state index in [2.05, 4.69) is 64.5 Å². The molecule has 0 amide bonds. The first-order valence-electron chi connectivity index (χ1n) is 11.6. The molecule has 8 heteroatoms. The van der Waals surface area contributed by atoms with Gasteiger partial charge in [0.05, 0.1) is 13.2 Å². The van der Waals surface area contributed by atoms with Crippen molar-refractivity contribution in [2.24, 2.45) is 0 Å². The van der Waals surface area contributed by atoms with E-state index in [1.807, 2.05) is 11.0 Å². The molecule has 1 saturated carbocycles. The Morgan fingerprint density at radius 3 is 2.47 bits per heavy atom. The number of aliphatic hydroxyl groups excluding tert-OH is 1. The second-order valence-electron chi connectivity index (χ2n) is 9.53. The molecule has 0 radical (unpaired) electrons. The molecule has 1 aliphatic carbocycles. The second kappa shape index (κ2) is 8.59. The van der Waals surface area contributed by atoms with Gasteiger partial charge < -0.3 is 19.6 Å². The fourth-order valence-corrected chi connectivity index (χ4v) is 5.62. The van der Waals surface area contributed by atoms with Crippen LogP contribution in [0.5, 0.6) is 0 Å². The van der Waals surface area contributed by atoms with E-state index < -0.39 is 6.35 Å². The number of morpholine rings is 1. The summed E-state index contributed by atoms with van der Waals surface area (Å²) in [6.45, 7) is 3.71. The van der Waals surface area contributed by atoms with Gasteiger partial charge in [-0.1, -0.05) is 30.3 Å². The lowest BCUT2D eigenvalue weighted by Gasteiger charge is -2.49. The van der Waals surface area contributed by atoms with Crippen LogP contribution in [0.1, 0.15) is 31.2 Å². The van der Waals surface area contributed by atoms with Crippen LogP contribution in [-0.2, 0) is 10.3 Å². The summed E-state index contributed by atoms with van der Waals surface area (Å²) in [5, 5.41) is 14.4. The monoisotopic (exact) mass is 438 g/mol. The first-order valence-corrected chi connectivity index (χ1v) is 11.6. The molecule has 32 heavy (non-hydrogen) atoms. The van der Waals surface area contributed by atoms with Gasteiger partial charge in [-0.15, -0.1) is 0 Å². The van der Waals surface area contributed by atoms with Gasteiger partial charge in [0.25, 0.3) is 0 Å². The van der Waals surface area contributed by atoms with Crippen LogP contribution in [-0.4, -0.2) is 78.8 Å². The highest BCUT2D eigenvalue weighted by Gasteiger charge is 2.50. The minimum atomic E-state index is -0.744. The number of aliphatic hydroxyl groups is 1. The van der Waals surface area contributed by atoms with Gasteiger partial charge in [-0.3, -0.25) is 10.2 Å². The van der Waals surface area contributed by atoms with Crippen molar-refractivity contribution in [3.05, 3.63) is 48.2 Å². The molecule has 2 saturated heterocycles. The van der Waals surface area contributed by atoms with Crippen molar-refractivity contribution in [3.63, 3.8) is 0 Å². The summed E-state index contributed by atoms with van der Waals surface area (Å²) in [5.41, 5.74) is 1.30. The Balaban J connectivity index is 1.33. The number of hydrogen-bond donors (Lipinski definition) is 2. The predicted molar refractivity (Wildman–Crippen MR) is 125 cm³/mol. The van der Waals surface area contributed by atoms with Gasteiger partial charge in [-0.25, -0.2) is 4.98 Å². The number of hydrogen-bond acceptors (Lipinski definition) is 8. The average molecular weight is 439 g/mol. The lowest BCUT2D eigenvalue weighted by molar-refractivity contribution is 0.0513. The summed E-state index contributed by atoms with van der Waals surface area (Å²) in [6, 6.07) is 12.7. The van der Waals surface area contributed by atoms with Crippen LogP contribution in [0.25, 0.3) is 0 Å². The second-order valence-corrected chi connectivity index (χ2v) is 9.53. The fourth-order valence-electron chi connectivity index (χ4n) is 5.62. The highest BCUT2D eigenvalue weighted by Crippen LogP contribution is 2.46. The molecule has 1 atom stereocenters. The van der Waals surface area contributed by atoms with E-state index in [0.29, 0.717) is 19.2 Å². The number of benzene rings is 1. The summed E-state index contributed by atoms with van der Waals surface area (Å²) in [6.07, 6.45) is 5.12. The third-order valence-electron chi connectivity index (χ3n) is 7.62. The summed E-state index contributed by atoms with van der Waals surface area (Å²) in [5.74, 6) is 1.48. The molecule has 3 fully saturated rings. The zero-order chi connectivity index (χ0) is 22.2. The Hall–Kier alpha value is -2.26. The minimum Gasteiger partial charge on any atom is -0.378 e. The maximum Gasteiger partial charge on any atom is 0.227 e. The van der Waals surface area contributed by atoms with Crippen molar-refractivity contribution in [3.8, 4) is 0 Å². The summed E-state index contributed by atoms with van der Waals surface area (Å²) < 4.78 is 5.45. The smallest absolute Gasteiger partial charge is 0.227 e. The van der Waals surface area contributed by atoms with Gasteiger partial charge in [-0.2, -0.15) is 4.98 Å². The number of nitrogens with one attached hydrogen (secondary N) is 1. The number of aromatic nitrogens is 2. The molecular weight excluding hydrogens is 404 g/mol. The Kier molecular flexibility index (Phi) is 5.79. The van der Waals surface area contributed by atoms with Gasteiger partial charge in [0.1, 0.15) is 5.82 Å². The van der Waals surface area contributed by atoms with E-state index in [1.54, 1.807) is 6.20 Å². The van der Waals surface area contributed by atoms with Crippen molar-refractivity contribution in [2.75, 3.05) is 56.7 Å². The van der Waals surface area contributed by atoms with Crippen molar-refractivity contribution in [1.29, 1.82) is 0 Å². The maximum absolute atomic E-state index is 10.9. The van der Waals surface area contributed by atoms with Crippen LogP contribution in [0.3, 0.4) is 0 Å². The maximum atomic E-state index is 10.9. The highest BCUT2D eigenvalue weighted by molar-refractivity contribution is 5.46. The van der Waals surface area contributed by atoms with Crippen LogP contribution in [0.15, 0.2) is 42.6 Å². The van der Waals surface area contributed by atoms with Crippen LogP contribution in [0.4, 0.5) is 11.8 Å². The molecule has 2 aromatic rings. The molecular formula is C24H34N6O2. The molecule has 1 aromatic heterocycles. The number of ether oxygens (including phenoxy) is 1. The largest absolute Gasteiger partial charge is 0.378 e. The fraction of sp³-hybridized carbons (Fsp3) is 0.583. The normalized spacial score (nSPS) is 30.9. The molecule has 2 N–H and O–H groups in total. The Labute approximate surface area is 190 Å². The molecule has 8 nitrogen and oxygen atoms in total. The third kappa shape index (κ3) is 3.85. The molecule has 1 aromatic carbocycles. The number of anilines is 2. The van der Waals surface area contributed by atoms with E-state index in [4.69, 9.17) is 9.72 Å². The molecule has 0 bridgehead atoms. The molecule has 2 aliphatic heterocycles. The summed E-state index contributed by atoms with van der Waals surface area (Å²) >= 11 is 0. The van der Waals surface area contributed by atoms with Gasteiger partial charge in [0, 0.05) is 36.9 Å². The highest BCUT2D eigenvalue weighted by atomic mass is 16.5. The standard InChI is InChI=1S/C24H34N6O2/c1-28(2)24(19-6-4-3-5-7-19)11-9-23(10-12-24)18-30(22(31)27-23)20-8-13-25-21(26-20)29-14-16-32-17-15-29/h3-8,13,22,27,31H,9-12,14-18H2,1-2H3. The van der Waals surface area contributed by atoms with E-state index in [-0.39, 0.29) is 11.1 Å². The lowest BCUT2D eigenvalue weighted by Crippen LogP contribution is -2.54. The third-order valence-corrected chi connectivity index (χ3v) is 7.62. The Morgan fingerprint density at radius 1 is 1.06 bits per heavy atom. The van der Waals surface area contributed by atoms with Crippen LogP contribution >= 0.6 is 0 Å². The number of rotatable bonds is 4. The first kappa shape index (κ1) is 21.6. The average Bonchev–Trinajstić information content (AvgIpc) is 3.16. The molecule has 5 rings (SSSR count). The zero-order valence-corrected chi connectivity index (χ0v) is 19.1. The topological polar surface area (TPSA) is 77.0 Å².